The second-order valence-electron chi connectivity index (χ2n) is 12.9. The second kappa shape index (κ2) is 7.57. The van der Waals surface area contributed by atoms with Crippen LogP contribution in [0.5, 0.6) is 0 Å². The van der Waals surface area contributed by atoms with Crippen molar-refractivity contribution in [1.29, 1.82) is 0 Å². The summed E-state index contributed by atoms with van der Waals surface area (Å²) in [5.41, 5.74) is 2.89. The SMILES string of the molecule is CO[C@@H]1C[C@H]2[C@@H]3CC[C@H]([C@@H](C)COCc4ccccc4)[C@@]3(C)CC[C@@H]2[C@@]2(C)CC[C@H]3C[C@]312. The van der Waals surface area contributed by atoms with Crippen molar-refractivity contribution in [2.75, 3.05) is 13.7 Å². The largest absolute Gasteiger partial charge is 0.381 e. The minimum atomic E-state index is 0.497. The zero-order chi connectivity index (χ0) is 22.1. The van der Waals surface area contributed by atoms with Crippen molar-refractivity contribution in [3.8, 4) is 0 Å². The zero-order valence-corrected chi connectivity index (χ0v) is 20.8. The van der Waals surface area contributed by atoms with Gasteiger partial charge in [0.2, 0.25) is 0 Å². The summed E-state index contributed by atoms with van der Waals surface area (Å²) in [5, 5.41) is 0. The Labute approximate surface area is 195 Å². The Hall–Kier alpha value is -0.860. The van der Waals surface area contributed by atoms with Gasteiger partial charge in [0, 0.05) is 19.1 Å². The molecule has 0 unspecified atom stereocenters. The molecule has 5 aliphatic rings. The summed E-state index contributed by atoms with van der Waals surface area (Å²) < 4.78 is 12.5. The molecule has 0 amide bonds. The van der Waals surface area contributed by atoms with Gasteiger partial charge in [-0.05, 0) is 103 Å². The van der Waals surface area contributed by atoms with Crippen molar-refractivity contribution >= 4 is 0 Å². The summed E-state index contributed by atoms with van der Waals surface area (Å²) in [6, 6.07) is 10.7. The Balaban J connectivity index is 1.17. The fourth-order valence-corrected chi connectivity index (χ4v) is 10.6. The first-order valence-electron chi connectivity index (χ1n) is 13.6. The van der Waals surface area contributed by atoms with E-state index in [1.54, 1.807) is 0 Å². The van der Waals surface area contributed by atoms with Gasteiger partial charge in [0.05, 0.1) is 12.7 Å². The lowest BCUT2D eigenvalue weighted by Crippen LogP contribution is -2.57. The number of hydrogen-bond donors (Lipinski definition) is 0. The van der Waals surface area contributed by atoms with Gasteiger partial charge in [-0.3, -0.25) is 0 Å². The summed E-state index contributed by atoms with van der Waals surface area (Å²) in [6.07, 6.45) is 12.0. The van der Waals surface area contributed by atoms with Gasteiger partial charge < -0.3 is 9.47 Å². The maximum absolute atomic E-state index is 6.29. The quantitative estimate of drug-likeness (QED) is 0.472. The predicted molar refractivity (Wildman–Crippen MR) is 129 cm³/mol. The van der Waals surface area contributed by atoms with E-state index >= 15 is 0 Å². The van der Waals surface area contributed by atoms with Crippen LogP contribution in [-0.4, -0.2) is 19.8 Å². The molecule has 5 saturated carbocycles. The Kier molecular flexibility index (Phi) is 5.12. The van der Waals surface area contributed by atoms with Crippen LogP contribution in [0.2, 0.25) is 0 Å². The molecule has 1 aromatic carbocycles. The van der Waals surface area contributed by atoms with Crippen molar-refractivity contribution in [3.63, 3.8) is 0 Å². The van der Waals surface area contributed by atoms with Crippen LogP contribution in [0.25, 0.3) is 0 Å². The maximum Gasteiger partial charge on any atom is 0.0717 e. The Bertz CT molecular complexity index is 836. The standard InChI is InChI=1S/C30H44O2/c1-20(18-32-19-21-8-6-5-7-9-21)24-10-11-25-23-16-27(31-4)30-17-22(30)12-15-29(30,3)26(23)13-14-28(24,25)2/h5-9,20,22-27H,10-19H2,1-4H3/t20-,22-,23-,24+,25-,26-,27+,28+,29+,30-/m0/s1. The highest BCUT2D eigenvalue weighted by Crippen LogP contribution is 2.82. The first kappa shape index (κ1) is 21.7. The van der Waals surface area contributed by atoms with E-state index in [-0.39, 0.29) is 0 Å². The highest BCUT2D eigenvalue weighted by atomic mass is 16.5. The molecule has 0 aromatic heterocycles. The summed E-state index contributed by atoms with van der Waals surface area (Å²) in [4.78, 5) is 0. The van der Waals surface area contributed by atoms with Crippen LogP contribution in [0.15, 0.2) is 30.3 Å². The molecule has 0 radical (unpaired) electrons. The summed E-state index contributed by atoms with van der Waals surface area (Å²) >= 11 is 0. The van der Waals surface area contributed by atoms with Gasteiger partial charge in [-0.25, -0.2) is 0 Å². The number of hydrogen-bond acceptors (Lipinski definition) is 2. The average Bonchev–Trinajstić information content (AvgIpc) is 3.30. The van der Waals surface area contributed by atoms with E-state index in [0.29, 0.717) is 28.3 Å². The molecule has 0 aliphatic heterocycles. The molecule has 2 nitrogen and oxygen atoms in total. The van der Waals surface area contributed by atoms with Crippen molar-refractivity contribution in [1.82, 2.24) is 0 Å². The van der Waals surface area contributed by atoms with Gasteiger partial charge in [0.25, 0.3) is 0 Å². The van der Waals surface area contributed by atoms with E-state index < -0.39 is 0 Å². The van der Waals surface area contributed by atoms with Crippen LogP contribution >= 0.6 is 0 Å². The van der Waals surface area contributed by atoms with Crippen LogP contribution in [-0.2, 0) is 16.1 Å². The number of methoxy groups -OCH3 is 1. The summed E-state index contributed by atoms with van der Waals surface area (Å²) in [6.45, 7) is 9.48. The molecule has 10 atom stereocenters. The fraction of sp³-hybridized carbons (Fsp3) is 0.800. The van der Waals surface area contributed by atoms with Gasteiger partial charge in [0.15, 0.2) is 0 Å². The monoisotopic (exact) mass is 436 g/mol. The molecule has 1 spiro atoms. The van der Waals surface area contributed by atoms with Gasteiger partial charge >= 0.3 is 0 Å². The molecule has 5 fully saturated rings. The zero-order valence-electron chi connectivity index (χ0n) is 20.8. The third-order valence-electron chi connectivity index (χ3n) is 12.1. The number of fused-ring (bicyclic) bond motifs is 4. The average molecular weight is 437 g/mol. The molecule has 1 aromatic rings. The highest BCUT2D eigenvalue weighted by molar-refractivity contribution is 5.26. The molecule has 6 rings (SSSR count). The van der Waals surface area contributed by atoms with Crippen molar-refractivity contribution < 1.29 is 9.47 Å². The fourth-order valence-electron chi connectivity index (χ4n) is 10.6. The van der Waals surface area contributed by atoms with Crippen LogP contribution < -0.4 is 0 Å². The van der Waals surface area contributed by atoms with Crippen LogP contribution in [0.3, 0.4) is 0 Å². The van der Waals surface area contributed by atoms with E-state index in [0.717, 1.165) is 42.8 Å². The lowest BCUT2D eigenvalue weighted by molar-refractivity contribution is -0.161. The molecular weight excluding hydrogens is 392 g/mol. The Morgan fingerprint density at radius 1 is 1.00 bits per heavy atom. The van der Waals surface area contributed by atoms with Gasteiger partial charge in [0.1, 0.15) is 0 Å². The van der Waals surface area contributed by atoms with Crippen molar-refractivity contribution in [3.05, 3.63) is 35.9 Å². The minimum Gasteiger partial charge on any atom is -0.381 e. The Morgan fingerprint density at radius 2 is 1.81 bits per heavy atom. The Morgan fingerprint density at radius 3 is 2.56 bits per heavy atom. The van der Waals surface area contributed by atoms with E-state index in [4.69, 9.17) is 9.47 Å². The lowest BCUT2D eigenvalue weighted by atomic mass is 9.45. The van der Waals surface area contributed by atoms with Gasteiger partial charge in [-0.1, -0.05) is 51.1 Å². The predicted octanol–water partition coefficient (Wildman–Crippen LogP) is 7.12. The number of benzene rings is 1. The molecule has 0 N–H and O–H groups in total. The van der Waals surface area contributed by atoms with E-state index in [9.17, 15) is 0 Å². The van der Waals surface area contributed by atoms with Gasteiger partial charge in [-0.2, -0.15) is 0 Å². The van der Waals surface area contributed by atoms with E-state index in [1.165, 1.54) is 56.9 Å². The molecule has 176 valence electrons. The molecular formula is C30H44O2. The summed E-state index contributed by atoms with van der Waals surface area (Å²) in [7, 11) is 2.01. The molecule has 2 heteroatoms. The highest BCUT2D eigenvalue weighted by Gasteiger charge is 2.77. The summed E-state index contributed by atoms with van der Waals surface area (Å²) in [5.74, 6) is 5.16. The first-order valence-corrected chi connectivity index (χ1v) is 13.6. The van der Waals surface area contributed by atoms with Crippen LogP contribution in [0.4, 0.5) is 0 Å². The maximum atomic E-state index is 6.29. The molecule has 0 bridgehead atoms. The first-order chi connectivity index (χ1) is 15.4. The van der Waals surface area contributed by atoms with Crippen molar-refractivity contribution in [2.45, 2.75) is 84.8 Å². The third kappa shape index (κ3) is 2.84. The molecule has 5 aliphatic carbocycles. The smallest absolute Gasteiger partial charge is 0.0717 e. The van der Waals surface area contributed by atoms with Gasteiger partial charge in [-0.15, -0.1) is 0 Å². The van der Waals surface area contributed by atoms with Crippen molar-refractivity contribution in [2.24, 2.45) is 51.8 Å². The molecule has 32 heavy (non-hydrogen) atoms. The third-order valence-corrected chi connectivity index (χ3v) is 12.1. The number of rotatable bonds is 6. The van der Waals surface area contributed by atoms with Crippen LogP contribution in [0, 0.1) is 51.8 Å². The number of ether oxygens (including phenoxy) is 2. The molecule has 0 saturated heterocycles. The normalized spacial score (nSPS) is 49.6. The minimum absolute atomic E-state index is 0.497. The second-order valence-corrected chi connectivity index (χ2v) is 12.9. The van der Waals surface area contributed by atoms with E-state index in [1.807, 2.05) is 7.11 Å². The lowest BCUT2D eigenvalue weighted by Gasteiger charge is -2.61. The molecule has 0 heterocycles. The topological polar surface area (TPSA) is 18.5 Å². The van der Waals surface area contributed by atoms with Crippen LogP contribution in [0.1, 0.15) is 77.7 Å². The van der Waals surface area contributed by atoms with E-state index in [2.05, 4.69) is 51.1 Å².